The average Bonchev–Trinajstić information content (AvgIpc) is 2.36. The number of carboxylic acids is 1. The lowest BCUT2D eigenvalue weighted by Crippen LogP contribution is -1.98. The van der Waals surface area contributed by atoms with Gasteiger partial charge in [-0.25, -0.2) is 4.79 Å². The molecule has 0 spiro atoms. The second kappa shape index (κ2) is 5.33. The number of hydrogen-bond acceptors (Lipinski definition) is 2. The van der Waals surface area contributed by atoms with Gasteiger partial charge >= 0.3 is 5.97 Å². The van der Waals surface area contributed by atoms with Crippen molar-refractivity contribution >= 4 is 17.6 Å². The van der Waals surface area contributed by atoms with E-state index in [1.54, 1.807) is 24.3 Å². The van der Waals surface area contributed by atoms with E-state index in [9.17, 15) is 4.79 Å². The van der Waals surface area contributed by atoms with E-state index in [-0.39, 0.29) is 5.56 Å². The molecule has 0 bridgehead atoms. The highest BCUT2D eigenvalue weighted by Gasteiger charge is 2.08. The normalized spacial score (nSPS) is 10.3. The molecule has 3 nitrogen and oxygen atoms in total. The summed E-state index contributed by atoms with van der Waals surface area (Å²) < 4.78 is 5.78. The van der Waals surface area contributed by atoms with E-state index < -0.39 is 5.97 Å². The van der Waals surface area contributed by atoms with Gasteiger partial charge in [-0.3, -0.25) is 0 Å². The number of carbonyl (C=O) groups is 1. The summed E-state index contributed by atoms with van der Waals surface area (Å²) in [6.45, 7) is 3.73. The Balaban J connectivity index is 2.33. The lowest BCUT2D eigenvalue weighted by atomic mass is 10.1. The van der Waals surface area contributed by atoms with Gasteiger partial charge in [0.1, 0.15) is 11.5 Å². The molecule has 0 aliphatic carbocycles. The number of halogens is 1. The molecule has 0 saturated heterocycles. The van der Waals surface area contributed by atoms with E-state index in [1.807, 2.05) is 19.9 Å². The fourth-order valence-corrected chi connectivity index (χ4v) is 1.86. The Morgan fingerprint density at radius 2 is 1.79 bits per heavy atom. The molecule has 2 rings (SSSR count). The third kappa shape index (κ3) is 3.06. The smallest absolute Gasteiger partial charge is 0.335 e. The zero-order valence-corrected chi connectivity index (χ0v) is 11.4. The van der Waals surface area contributed by atoms with Crippen LogP contribution in [-0.2, 0) is 0 Å². The predicted octanol–water partition coefficient (Wildman–Crippen LogP) is 4.45. The first-order valence-corrected chi connectivity index (χ1v) is 6.13. The molecule has 98 valence electrons. The lowest BCUT2D eigenvalue weighted by molar-refractivity contribution is 0.0697. The van der Waals surface area contributed by atoms with Crippen LogP contribution in [0.15, 0.2) is 36.4 Å². The van der Waals surface area contributed by atoms with Crippen LogP contribution in [-0.4, -0.2) is 11.1 Å². The third-order valence-electron chi connectivity index (χ3n) is 2.79. The largest absolute Gasteiger partial charge is 0.478 e. The van der Waals surface area contributed by atoms with Crippen molar-refractivity contribution in [2.24, 2.45) is 0 Å². The van der Waals surface area contributed by atoms with Crippen LogP contribution < -0.4 is 4.74 Å². The molecule has 19 heavy (non-hydrogen) atoms. The van der Waals surface area contributed by atoms with Gasteiger partial charge in [-0.15, -0.1) is 0 Å². The van der Waals surface area contributed by atoms with Gasteiger partial charge in [0.2, 0.25) is 0 Å². The minimum atomic E-state index is -0.950. The molecule has 0 atom stereocenters. The Morgan fingerprint density at radius 3 is 2.42 bits per heavy atom. The van der Waals surface area contributed by atoms with Crippen molar-refractivity contribution in [2.45, 2.75) is 13.8 Å². The van der Waals surface area contributed by atoms with E-state index in [0.717, 1.165) is 11.1 Å². The third-order valence-corrected chi connectivity index (χ3v) is 3.03. The maximum absolute atomic E-state index is 10.9. The highest BCUT2D eigenvalue weighted by atomic mass is 35.5. The number of aromatic carboxylic acids is 1. The first-order valence-electron chi connectivity index (χ1n) is 5.75. The minimum absolute atomic E-state index is 0.243. The van der Waals surface area contributed by atoms with E-state index >= 15 is 0 Å². The van der Waals surface area contributed by atoms with Crippen molar-refractivity contribution in [3.8, 4) is 11.5 Å². The maximum Gasteiger partial charge on any atom is 0.335 e. The van der Waals surface area contributed by atoms with E-state index in [1.165, 1.54) is 6.07 Å². The van der Waals surface area contributed by atoms with Crippen molar-refractivity contribution < 1.29 is 14.6 Å². The van der Waals surface area contributed by atoms with E-state index in [0.29, 0.717) is 16.5 Å². The van der Waals surface area contributed by atoms with E-state index in [2.05, 4.69) is 0 Å². The minimum Gasteiger partial charge on any atom is -0.478 e. The summed E-state index contributed by atoms with van der Waals surface area (Å²) >= 11 is 5.93. The fourth-order valence-electron chi connectivity index (χ4n) is 1.70. The van der Waals surface area contributed by atoms with Crippen LogP contribution in [0.1, 0.15) is 21.5 Å². The molecule has 0 saturated carbocycles. The van der Waals surface area contributed by atoms with Crippen LogP contribution >= 0.6 is 11.6 Å². The molecule has 0 unspecified atom stereocenters. The van der Waals surface area contributed by atoms with Crippen molar-refractivity contribution in [3.63, 3.8) is 0 Å². The van der Waals surface area contributed by atoms with Gasteiger partial charge < -0.3 is 9.84 Å². The molecule has 1 N–H and O–H groups in total. The van der Waals surface area contributed by atoms with Gasteiger partial charge in [0.25, 0.3) is 0 Å². The van der Waals surface area contributed by atoms with Crippen LogP contribution in [0.3, 0.4) is 0 Å². The molecule has 0 aliphatic heterocycles. The van der Waals surface area contributed by atoms with Crippen LogP contribution in [0.25, 0.3) is 0 Å². The Morgan fingerprint density at radius 1 is 1.05 bits per heavy atom. The standard InChI is InChI=1S/C15H13ClO3/c1-9-3-5-12(16)8-14(9)19-13-6-4-11(15(17)18)7-10(13)2/h3-8H,1-2H3,(H,17,18). The number of benzene rings is 2. The average molecular weight is 277 g/mol. The zero-order chi connectivity index (χ0) is 14.0. The summed E-state index contributed by atoms with van der Waals surface area (Å²) in [5.41, 5.74) is 1.97. The summed E-state index contributed by atoms with van der Waals surface area (Å²) in [6, 6.07) is 10.2. The Hall–Kier alpha value is -2.00. The Labute approximate surface area is 116 Å². The highest BCUT2D eigenvalue weighted by molar-refractivity contribution is 6.30. The molecule has 0 radical (unpaired) electrons. The maximum atomic E-state index is 10.9. The summed E-state index contributed by atoms with van der Waals surface area (Å²) in [7, 11) is 0. The summed E-state index contributed by atoms with van der Waals surface area (Å²) in [5.74, 6) is 0.336. The number of ether oxygens (including phenoxy) is 1. The topological polar surface area (TPSA) is 46.5 Å². The Kier molecular flexibility index (Phi) is 3.76. The van der Waals surface area contributed by atoms with Gasteiger partial charge in [-0.1, -0.05) is 17.7 Å². The monoisotopic (exact) mass is 276 g/mol. The highest BCUT2D eigenvalue weighted by Crippen LogP contribution is 2.30. The SMILES string of the molecule is Cc1cc(C(=O)O)ccc1Oc1cc(Cl)ccc1C. The van der Waals surface area contributed by atoms with Gasteiger partial charge in [0.15, 0.2) is 0 Å². The molecule has 2 aromatic carbocycles. The summed E-state index contributed by atoms with van der Waals surface area (Å²) in [4.78, 5) is 10.9. The molecule has 0 aromatic heterocycles. The molecular formula is C15H13ClO3. The predicted molar refractivity (Wildman–Crippen MR) is 74.4 cm³/mol. The number of rotatable bonds is 3. The zero-order valence-electron chi connectivity index (χ0n) is 10.6. The first kappa shape index (κ1) is 13.4. The van der Waals surface area contributed by atoms with Crippen LogP contribution in [0.2, 0.25) is 5.02 Å². The Bertz CT molecular complexity index is 635. The molecule has 0 heterocycles. The molecule has 4 heteroatoms. The van der Waals surface area contributed by atoms with Gasteiger partial charge in [-0.2, -0.15) is 0 Å². The number of carboxylic acid groups (broad SMARTS) is 1. The van der Waals surface area contributed by atoms with Crippen LogP contribution in [0.4, 0.5) is 0 Å². The quantitative estimate of drug-likeness (QED) is 0.901. The van der Waals surface area contributed by atoms with Gasteiger partial charge in [0, 0.05) is 5.02 Å². The fraction of sp³-hybridized carbons (Fsp3) is 0.133. The first-order chi connectivity index (χ1) is 8.97. The van der Waals surface area contributed by atoms with Crippen molar-refractivity contribution in [1.29, 1.82) is 0 Å². The molecule has 0 fully saturated rings. The second-order valence-corrected chi connectivity index (χ2v) is 4.73. The van der Waals surface area contributed by atoms with Crippen molar-refractivity contribution in [1.82, 2.24) is 0 Å². The molecular weight excluding hydrogens is 264 g/mol. The summed E-state index contributed by atoms with van der Waals surface area (Å²) in [6.07, 6.45) is 0. The van der Waals surface area contributed by atoms with Crippen molar-refractivity contribution in [2.75, 3.05) is 0 Å². The van der Waals surface area contributed by atoms with Crippen molar-refractivity contribution in [3.05, 3.63) is 58.1 Å². The van der Waals surface area contributed by atoms with Crippen LogP contribution in [0, 0.1) is 13.8 Å². The van der Waals surface area contributed by atoms with Gasteiger partial charge in [0.05, 0.1) is 5.56 Å². The van der Waals surface area contributed by atoms with Crippen LogP contribution in [0.5, 0.6) is 11.5 Å². The van der Waals surface area contributed by atoms with E-state index in [4.69, 9.17) is 21.4 Å². The second-order valence-electron chi connectivity index (χ2n) is 4.30. The number of aryl methyl sites for hydroxylation is 2. The lowest BCUT2D eigenvalue weighted by Gasteiger charge is -2.11. The molecule has 2 aromatic rings. The molecule has 0 aliphatic rings. The number of hydrogen-bond donors (Lipinski definition) is 1. The molecule has 0 amide bonds. The summed E-state index contributed by atoms with van der Waals surface area (Å²) in [5, 5.41) is 9.51. The van der Waals surface area contributed by atoms with Gasteiger partial charge in [-0.05, 0) is 55.3 Å².